The third-order valence-corrected chi connectivity index (χ3v) is 4.48. The summed E-state index contributed by atoms with van der Waals surface area (Å²) in [6.07, 6.45) is 0.000809. The molecule has 2 aromatic heterocycles. The van der Waals surface area contributed by atoms with E-state index in [1.807, 2.05) is 11.4 Å². The molecule has 0 saturated carbocycles. The number of amides is 1. The van der Waals surface area contributed by atoms with Crippen molar-refractivity contribution in [1.82, 2.24) is 5.32 Å². The van der Waals surface area contributed by atoms with Crippen LogP contribution in [0.1, 0.15) is 16.1 Å². The van der Waals surface area contributed by atoms with Gasteiger partial charge in [0.05, 0.1) is 4.88 Å². The number of rotatable bonds is 5. The van der Waals surface area contributed by atoms with Gasteiger partial charge in [0.2, 0.25) is 0 Å². The largest absolute Gasteiger partial charge is 0.480 e. The van der Waals surface area contributed by atoms with Crippen molar-refractivity contribution in [3.63, 3.8) is 0 Å². The second kappa shape index (κ2) is 5.47. The smallest absolute Gasteiger partial charge is 0.326 e. The number of hydrogen-bond donors (Lipinski definition) is 3. The lowest BCUT2D eigenvalue weighted by atomic mass is 10.2. The average Bonchev–Trinajstić information content (AvgIpc) is 2.87. The summed E-state index contributed by atoms with van der Waals surface area (Å²) < 4.78 is 2.03. The van der Waals surface area contributed by atoms with Gasteiger partial charge in [-0.05, 0) is 17.5 Å². The summed E-state index contributed by atoms with van der Waals surface area (Å²) in [6, 6.07) is 2.62. The fraction of sp³-hybridized carbons (Fsp3) is 0.273. The topological polar surface area (TPSA) is 86.6 Å². The Morgan fingerprint density at radius 1 is 1.39 bits per heavy atom. The molecule has 0 spiro atoms. The number of carbonyl (C=O) groups excluding carboxylic acids is 1. The van der Waals surface area contributed by atoms with E-state index >= 15 is 0 Å². The lowest BCUT2D eigenvalue weighted by molar-refractivity contribution is -0.139. The van der Waals surface area contributed by atoms with Crippen LogP contribution >= 0.6 is 22.7 Å². The predicted octanol–water partition coefficient (Wildman–Crippen LogP) is 1.53. The van der Waals surface area contributed by atoms with Gasteiger partial charge in [0, 0.05) is 22.4 Å². The van der Waals surface area contributed by atoms with Gasteiger partial charge in [-0.1, -0.05) is 0 Å². The molecule has 0 aliphatic heterocycles. The molecule has 0 radical (unpaired) electrons. The van der Waals surface area contributed by atoms with Gasteiger partial charge >= 0.3 is 5.97 Å². The molecule has 2 heterocycles. The first-order valence-corrected chi connectivity index (χ1v) is 6.93. The molecule has 0 bridgehead atoms. The second-order valence-electron chi connectivity index (χ2n) is 3.64. The highest BCUT2D eigenvalue weighted by molar-refractivity contribution is 7.27. The summed E-state index contributed by atoms with van der Waals surface area (Å²) in [6.45, 7) is -0.281. The minimum atomic E-state index is -1.14. The van der Waals surface area contributed by atoms with Gasteiger partial charge in [0.25, 0.3) is 5.91 Å². The Balaban J connectivity index is 2.11. The number of aliphatic hydroxyl groups is 1. The molecular formula is C11H11NO4S2. The first kappa shape index (κ1) is 13.0. The van der Waals surface area contributed by atoms with Crippen LogP contribution in [-0.2, 0) is 4.79 Å². The average molecular weight is 285 g/mol. The molecule has 0 aliphatic rings. The molecule has 0 aromatic carbocycles. The van der Waals surface area contributed by atoms with Crippen molar-refractivity contribution in [2.45, 2.75) is 12.5 Å². The van der Waals surface area contributed by atoms with Crippen LogP contribution in [0.4, 0.5) is 0 Å². The molecule has 7 heteroatoms. The van der Waals surface area contributed by atoms with E-state index < -0.39 is 17.9 Å². The number of carboxylic acid groups (broad SMARTS) is 1. The third-order valence-electron chi connectivity index (χ3n) is 2.38. The van der Waals surface area contributed by atoms with E-state index in [-0.39, 0.29) is 13.0 Å². The summed E-state index contributed by atoms with van der Waals surface area (Å²) >= 11 is 2.86. The quantitative estimate of drug-likeness (QED) is 0.777. The van der Waals surface area contributed by atoms with Crippen LogP contribution < -0.4 is 5.32 Å². The molecule has 1 atom stereocenters. The zero-order valence-electron chi connectivity index (χ0n) is 9.25. The van der Waals surface area contributed by atoms with Gasteiger partial charge in [0.1, 0.15) is 6.04 Å². The summed E-state index contributed by atoms with van der Waals surface area (Å²) in [5, 5.41) is 22.0. The Kier molecular flexibility index (Phi) is 3.95. The van der Waals surface area contributed by atoms with E-state index in [0.717, 1.165) is 9.40 Å². The van der Waals surface area contributed by atoms with E-state index in [2.05, 4.69) is 5.32 Å². The molecule has 18 heavy (non-hydrogen) atoms. The number of carbonyl (C=O) groups is 2. The first-order valence-electron chi connectivity index (χ1n) is 5.23. The Morgan fingerprint density at radius 2 is 2.17 bits per heavy atom. The molecule has 0 fully saturated rings. The number of nitrogens with one attached hydrogen (secondary N) is 1. The SMILES string of the molecule is O=C(N[C@@H](CCO)C(=O)O)c1cc2sccc2s1. The van der Waals surface area contributed by atoms with Crippen LogP contribution in [0.25, 0.3) is 9.40 Å². The standard InChI is InChI=1S/C11H11NO4S2/c13-3-1-6(11(15)16)12-10(14)9-5-8-7(18-9)2-4-17-8/h2,4-6,13H,1,3H2,(H,12,14)(H,15,16)/t6-/m0/s1. The molecule has 1 amide bonds. The van der Waals surface area contributed by atoms with Gasteiger partial charge in [-0.2, -0.15) is 0 Å². The van der Waals surface area contributed by atoms with Crippen LogP contribution in [0, 0.1) is 0 Å². The Hall–Kier alpha value is -1.44. The maximum absolute atomic E-state index is 11.9. The highest BCUT2D eigenvalue weighted by Gasteiger charge is 2.21. The first-order chi connectivity index (χ1) is 8.61. The number of fused-ring (bicyclic) bond motifs is 1. The van der Waals surface area contributed by atoms with Crippen LogP contribution in [0.5, 0.6) is 0 Å². The minimum Gasteiger partial charge on any atom is -0.480 e. The van der Waals surface area contributed by atoms with Crippen molar-refractivity contribution in [3.05, 3.63) is 22.4 Å². The van der Waals surface area contributed by atoms with Gasteiger partial charge in [-0.3, -0.25) is 4.79 Å². The monoisotopic (exact) mass is 285 g/mol. The van der Waals surface area contributed by atoms with Crippen molar-refractivity contribution in [2.75, 3.05) is 6.61 Å². The van der Waals surface area contributed by atoms with Crippen molar-refractivity contribution < 1.29 is 19.8 Å². The second-order valence-corrected chi connectivity index (χ2v) is 5.67. The molecular weight excluding hydrogens is 274 g/mol. The Morgan fingerprint density at radius 3 is 2.78 bits per heavy atom. The molecule has 0 unspecified atom stereocenters. The van der Waals surface area contributed by atoms with Crippen molar-refractivity contribution in [1.29, 1.82) is 0 Å². The Labute approximate surface area is 111 Å². The molecule has 0 saturated heterocycles. The fourth-order valence-electron chi connectivity index (χ4n) is 1.49. The lowest BCUT2D eigenvalue weighted by Gasteiger charge is -2.11. The molecule has 5 nitrogen and oxygen atoms in total. The fourth-order valence-corrected chi connectivity index (χ4v) is 3.51. The zero-order chi connectivity index (χ0) is 13.1. The minimum absolute atomic E-state index is 0.000809. The molecule has 96 valence electrons. The Bertz CT molecular complexity index is 546. The summed E-state index contributed by atoms with van der Waals surface area (Å²) in [4.78, 5) is 23.2. The number of carboxylic acids is 1. The van der Waals surface area contributed by atoms with E-state index in [0.29, 0.717) is 4.88 Å². The highest BCUT2D eigenvalue weighted by Crippen LogP contribution is 2.29. The van der Waals surface area contributed by atoms with Gasteiger partial charge in [-0.15, -0.1) is 22.7 Å². The highest BCUT2D eigenvalue weighted by atomic mass is 32.1. The maximum atomic E-state index is 11.9. The summed E-state index contributed by atoms with van der Waals surface area (Å²) in [5.74, 6) is -1.56. The lowest BCUT2D eigenvalue weighted by Crippen LogP contribution is -2.41. The summed E-state index contributed by atoms with van der Waals surface area (Å²) in [7, 11) is 0. The van der Waals surface area contributed by atoms with E-state index in [1.54, 1.807) is 6.07 Å². The normalized spacial score (nSPS) is 12.5. The molecule has 2 rings (SSSR count). The molecule has 0 aliphatic carbocycles. The van der Waals surface area contributed by atoms with Crippen molar-refractivity contribution >= 4 is 43.9 Å². The van der Waals surface area contributed by atoms with Gasteiger partial charge in [0.15, 0.2) is 0 Å². The zero-order valence-corrected chi connectivity index (χ0v) is 10.9. The van der Waals surface area contributed by atoms with E-state index in [9.17, 15) is 9.59 Å². The van der Waals surface area contributed by atoms with Crippen LogP contribution in [0.15, 0.2) is 17.5 Å². The molecule has 2 aromatic rings. The van der Waals surface area contributed by atoms with E-state index in [1.165, 1.54) is 22.7 Å². The van der Waals surface area contributed by atoms with Crippen LogP contribution in [0.3, 0.4) is 0 Å². The predicted molar refractivity (Wildman–Crippen MR) is 70.3 cm³/mol. The van der Waals surface area contributed by atoms with Gasteiger partial charge < -0.3 is 15.5 Å². The molecule has 3 N–H and O–H groups in total. The number of aliphatic carboxylic acids is 1. The van der Waals surface area contributed by atoms with E-state index in [4.69, 9.17) is 10.2 Å². The number of hydrogen-bond acceptors (Lipinski definition) is 5. The third kappa shape index (κ3) is 2.69. The van der Waals surface area contributed by atoms with Crippen molar-refractivity contribution in [3.8, 4) is 0 Å². The van der Waals surface area contributed by atoms with Crippen LogP contribution in [-0.4, -0.2) is 34.7 Å². The van der Waals surface area contributed by atoms with Gasteiger partial charge in [-0.25, -0.2) is 4.79 Å². The van der Waals surface area contributed by atoms with Crippen LogP contribution in [0.2, 0.25) is 0 Å². The number of aliphatic hydroxyl groups excluding tert-OH is 1. The maximum Gasteiger partial charge on any atom is 0.326 e. The van der Waals surface area contributed by atoms with Crippen molar-refractivity contribution in [2.24, 2.45) is 0 Å². The number of thiophene rings is 2. The summed E-state index contributed by atoms with van der Waals surface area (Å²) in [5.41, 5.74) is 0.